The number of carbonyl (C=O) groups excluding carboxylic acids is 2. The summed E-state index contributed by atoms with van der Waals surface area (Å²) in [4.78, 5) is 23.3. The summed E-state index contributed by atoms with van der Waals surface area (Å²) < 4.78 is 34.5. The van der Waals surface area contributed by atoms with Crippen LogP contribution in [-0.2, 0) is 58.7 Å². The number of allylic oxidation sites excluding steroid dienone is 4. The van der Waals surface area contributed by atoms with Crippen LogP contribution in [0.15, 0.2) is 151 Å². The summed E-state index contributed by atoms with van der Waals surface area (Å²) in [6.45, 7) is 0.866. The van der Waals surface area contributed by atoms with E-state index in [-0.39, 0.29) is 31.3 Å². The van der Waals surface area contributed by atoms with Crippen LogP contribution in [0.25, 0.3) is 11.1 Å². The predicted octanol–water partition coefficient (Wildman–Crippen LogP) is 9.55. The van der Waals surface area contributed by atoms with Crippen molar-refractivity contribution in [1.29, 1.82) is 0 Å². The Bertz CT molecular complexity index is 2000. The second-order valence-corrected chi connectivity index (χ2v) is 13.5. The highest BCUT2D eigenvalue weighted by Gasteiger charge is 2.46. The number of esters is 2. The standard InChI is InChI=1S/C47H48O8/c1-50-42-22-18-40(19-23-42)47(39-15-5-4-6-16-39,41-20-24-43(51-2)25-21-41)55-33-36-12-8-13-37(29-36)38-14-9-17-44(30-38)53-31-34-10-7-11-35(28-34)32-54-46(49)27-26-45(48)52-3/h4-18,20,22-25,28-30,40-41H,19,21,26-27,31-33H2,1-3H3. The van der Waals surface area contributed by atoms with E-state index < -0.39 is 17.5 Å². The molecule has 0 N–H and O–H groups in total. The van der Waals surface area contributed by atoms with Gasteiger partial charge < -0.3 is 28.4 Å². The Labute approximate surface area is 323 Å². The topological polar surface area (TPSA) is 89.5 Å². The lowest BCUT2D eigenvalue weighted by molar-refractivity contribution is -0.149. The van der Waals surface area contributed by atoms with Crippen molar-refractivity contribution in [3.63, 3.8) is 0 Å². The van der Waals surface area contributed by atoms with Crippen LogP contribution in [0.1, 0.15) is 47.9 Å². The molecule has 6 rings (SSSR count). The zero-order valence-corrected chi connectivity index (χ0v) is 31.6. The van der Waals surface area contributed by atoms with E-state index >= 15 is 0 Å². The first-order valence-corrected chi connectivity index (χ1v) is 18.6. The van der Waals surface area contributed by atoms with Gasteiger partial charge in [-0.15, -0.1) is 0 Å². The highest BCUT2D eigenvalue weighted by Crippen LogP contribution is 2.48. The summed E-state index contributed by atoms with van der Waals surface area (Å²) in [5.41, 5.74) is 5.40. The molecule has 0 fully saturated rings. The molecule has 0 aliphatic heterocycles. The Morgan fingerprint density at radius 1 is 0.618 bits per heavy atom. The van der Waals surface area contributed by atoms with Gasteiger partial charge in [-0.25, -0.2) is 0 Å². The monoisotopic (exact) mass is 740 g/mol. The quantitative estimate of drug-likeness (QED) is 0.0990. The highest BCUT2D eigenvalue weighted by atomic mass is 16.5. The first-order chi connectivity index (χ1) is 26.9. The van der Waals surface area contributed by atoms with Crippen molar-refractivity contribution in [2.45, 2.75) is 51.1 Å². The number of carbonyl (C=O) groups is 2. The van der Waals surface area contributed by atoms with Gasteiger partial charge in [-0.2, -0.15) is 0 Å². The first-order valence-electron chi connectivity index (χ1n) is 18.6. The molecule has 0 bridgehead atoms. The number of ether oxygens (including phenoxy) is 6. The van der Waals surface area contributed by atoms with Crippen molar-refractivity contribution in [2.75, 3.05) is 21.3 Å². The van der Waals surface area contributed by atoms with Crippen LogP contribution < -0.4 is 4.74 Å². The fourth-order valence-electron chi connectivity index (χ4n) is 7.17. The van der Waals surface area contributed by atoms with Gasteiger partial charge in [0, 0.05) is 11.8 Å². The van der Waals surface area contributed by atoms with E-state index in [9.17, 15) is 9.59 Å². The third kappa shape index (κ3) is 10.0. The molecule has 0 saturated heterocycles. The van der Waals surface area contributed by atoms with Gasteiger partial charge in [0.15, 0.2) is 0 Å². The lowest BCUT2D eigenvalue weighted by Crippen LogP contribution is -2.44. The molecule has 8 heteroatoms. The Kier molecular flexibility index (Phi) is 13.4. The van der Waals surface area contributed by atoms with Crippen molar-refractivity contribution in [1.82, 2.24) is 0 Å². The molecule has 55 heavy (non-hydrogen) atoms. The average Bonchev–Trinajstić information content (AvgIpc) is 3.25. The molecule has 4 aromatic carbocycles. The minimum atomic E-state index is -0.660. The number of methoxy groups -OCH3 is 3. The molecule has 2 unspecified atom stereocenters. The maximum atomic E-state index is 12.0. The molecule has 0 spiro atoms. The van der Waals surface area contributed by atoms with E-state index in [0.717, 1.165) is 63.5 Å². The van der Waals surface area contributed by atoms with Crippen molar-refractivity contribution in [3.8, 4) is 16.9 Å². The number of hydrogen-bond acceptors (Lipinski definition) is 8. The Hall–Kier alpha value is -5.86. The molecule has 4 aromatic rings. The third-order valence-electron chi connectivity index (χ3n) is 10.1. The van der Waals surface area contributed by atoms with Crippen LogP contribution in [-0.4, -0.2) is 33.3 Å². The Morgan fingerprint density at radius 2 is 1.20 bits per heavy atom. The van der Waals surface area contributed by atoms with Gasteiger partial charge in [-0.05, 0) is 94.8 Å². The van der Waals surface area contributed by atoms with Gasteiger partial charge >= 0.3 is 11.9 Å². The van der Waals surface area contributed by atoms with Gasteiger partial charge in [0.25, 0.3) is 0 Å². The molecule has 0 heterocycles. The van der Waals surface area contributed by atoms with E-state index in [4.69, 9.17) is 23.7 Å². The third-order valence-corrected chi connectivity index (χ3v) is 10.1. The van der Waals surface area contributed by atoms with Crippen molar-refractivity contribution in [3.05, 3.63) is 173 Å². The fraction of sp³-hybridized carbons (Fsp3) is 0.277. The van der Waals surface area contributed by atoms with Crippen LogP contribution in [0.2, 0.25) is 0 Å². The van der Waals surface area contributed by atoms with Gasteiger partial charge in [0.05, 0.1) is 40.8 Å². The number of hydrogen-bond donors (Lipinski definition) is 0. The van der Waals surface area contributed by atoms with Gasteiger partial charge in [-0.3, -0.25) is 9.59 Å². The zero-order chi connectivity index (χ0) is 38.5. The van der Waals surface area contributed by atoms with E-state index in [0.29, 0.717) is 13.2 Å². The largest absolute Gasteiger partial charge is 0.497 e. The molecule has 0 aromatic heterocycles. The summed E-state index contributed by atoms with van der Waals surface area (Å²) in [7, 11) is 4.70. The maximum Gasteiger partial charge on any atom is 0.306 e. The van der Waals surface area contributed by atoms with Crippen LogP contribution in [0.4, 0.5) is 0 Å². The van der Waals surface area contributed by atoms with Crippen LogP contribution in [0, 0.1) is 11.8 Å². The molecule has 0 radical (unpaired) electrons. The molecule has 2 aliphatic carbocycles. The van der Waals surface area contributed by atoms with E-state index in [1.807, 2.05) is 48.5 Å². The molecule has 2 aliphatic rings. The lowest BCUT2D eigenvalue weighted by Gasteiger charge is -2.46. The summed E-state index contributed by atoms with van der Waals surface area (Å²) >= 11 is 0. The molecule has 0 saturated carbocycles. The maximum absolute atomic E-state index is 12.0. The van der Waals surface area contributed by atoms with Crippen LogP contribution in [0.3, 0.4) is 0 Å². The SMILES string of the molecule is COC(=O)CCC(=O)OCc1cccc(COc2cccc(-c3cccc(COC(c4ccccc4)(C4C=CC(OC)=CC4)C4C=CC(OC)=CC4)c3)c2)c1. The number of benzene rings is 4. The van der Waals surface area contributed by atoms with Crippen molar-refractivity contribution >= 4 is 11.9 Å². The Morgan fingerprint density at radius 3 is 1.82 bits per heavy atom. The fourth-order valence-corrected chi connectivity index (χ4v) is 7.17. The van der Waals surface area contributed by atoms with E-state index in [2.05, 4.69) is 95.8 Å². The first kappa shape index (κ1) is 38.9. The molecular formula is C47H48O8. The van der Waals surface area contributed by atoms with Crippen molar-refractivity contribution < 1.29 is 38.0 Å². The predicted molar refractivity (Wildman–Crippen MR) is 211 cm³/mol. The molecule has 8 nitrogen and oxygen atoms in total. The zero-order valence-electron chi connectivity index (χ0n) is 31.6. The van der Waals surface area contributed by atoms with E-state index in [1.165, 1.54) is 7.11 Å². The normalized spacial score (nSPS) is 17.3. The Balaban J connectivity index is 1.16. The minimum Gasteiger partial charge on any atom is -0.497 e. The summed E-state index contributed by atoms with van der Waals surface area (Å²) in [6.07, 6.45) is 14.4. The van der Waals surface area contributed by atoms with Gasteiger partial charge in [0.1, 0.15) is 36.1 Å². The van der Waals surface area contributed by atoms with E-state index in [1.54, 1.807) is 14.2 Å². The number of rotatable bonds is 17. The van der Waals surface area contributed by atoms with Gasteiger partial charge in [-0.1, -0.05) is 91.0 Å². The lowest BCUT2D eigenvalue weighted by atomic mass is 9.67. The van der Waals surface area contributed by atoms with Crippen LogP contribution in [0.5, 0.6) is 5.75 Å². The highest BCUT2D eigenvalue weighted by molar-refractivity contribution is 5.77. The molecule has 0 amide bonds. The smallest absolute Gasteiger partial charge is 0.306 e. The van der Waals surface area contributed by atoms with Crippen LogP contribution >= 0.6 is 0 Å². The van der Waals surface area contributed by atoms with Crippen molar-refractivity contribution in [2.24, 2.45) is 11.8 Å². The second kappa shape index (κ2) is 18.9. The molecule has 284 valence electrons. The van der Waals surface area contributed by atoms with Gasteiger partial charge in [0.2, 0.25) is 0 Å². The minimum absolute atomic E-state index is 0.00551. The summed E-state index contributed by atoms with van der Waals surface area (Å²) in [5.74, 6) is 1.69. The molecular weight excluding hydrogens is 693 g/mol. The summed E-state index contributed by atoms with van der Waals surface area (Å²) in [6, 6.07) is 34.8. The molecule has 2 atom stereocenters. The average molecular weight is 741 g/mol. The summed E-state index contributed by atoms with van der Waals surface area (Å²) in [5, 5.41) is 0. The second-order valence-electron chi connectivity index (χ2n) is 13.5.